The van der Waals surface area contributed by atoms with Crippen LogP contribution in [0.4, 0.5) is 0 Å². The Labute approximate surface area is 94.4 Å². The Balaban J connectivity index is 2.40. The van der Waals surface area contributed by atoms with Crippen molar-refractivity contribution in [2.75, 3.05) is 13.6 Å². The van der Waals surface area contributed by atoms with Crippen LogP contribution in [-0.4, -0.2) is 29.6 Å². The predicted octanol–water partition coefficient (Wildman–Crippen LogP) is 1.36. The largest absolute Gasteiger partial charge is 0.506 e. The summed E-state index contributed by atoms with van der Waals surface area (Å²) in [6.45, 7) is 1.40. The predicted molar refractivity (Wildman–Crippen MR) is 61.1 cm³/mol. The fraction of sp³-hybridized carbons (Fsp3) is 0.455. The van der Waals surface area contributed by atoms with Crippen LogP contribution in [0, 0.1) is 0 Å². The molecule has 0 radical (unpaired) electrons. The molecule has 1 atom stereocenters. The zero-order valence-corrected chi connectivity index (χ0v) is 9.46. The molecule has 1 aliphatic heterocycles. The molecule has 4 heteroatoms. The highest BCUT2D eigenvalue weighted by Crippen LogP contribution is 2.34. The van der Waals surface area contributed by atoms with E-state index in [1.54, 1.807) is 6.07 Å². The lowest BCUT2D eigenvalue weighted by Gasteiger charge is -2.33. The number of nitrogens with two attached hydrogens (primary N) is 1. The summed E-state index contributed by atoms with van der Waals surface area (Å²) in [4.78, 5) is 2.17. The van der Waals surface area contributed by atoms with E-state index in [0.717, 1.165) is 18.5 Å². The van der Waals surface area contributed by atoms with Gasteiger partial charge in [0.15, 0.2) is 0 Å². The first-order chi connectivity index (χ1) is 7.13. The number of phenols is 1. The Morgan fingerprint density at radius 1 is 1.60 bits per heavy atom. The Morgan fingerprint density at radius 2 is 2.33 bits per heavy atom. The van der Waals surface area contributed by atoms with Gasteiger partial charge < -0.3 is 10.8 Å². The van der Waals surface area contributed by atoms with Crippen LogP contribution in [0.5, 0.6) is 5.75 Å². The third kappa shape index (κ3) is 1.83. The van der Waals surface area contributed by atoms with Gasteiger partial charge in [0, 0.05) is 19.1 Å². The zero-order chi connectivity index (χ0) is 11.0. The van der Waals surface area contributed by atoms with Crippen molar-refractivity contribution < 1.29 is 5.11 Å². The summed E-state index contributed by atoms with van der Waals surface area (Å²) in [5.74, 6) is 0.162. The van der Waals surface area contributed by atoms with Gasteiger partial charge in [-0.1, -0.05) is 17.7 Å². The molecule has 15 heavy (non-hydrogen) atoms. The second kappa shape index (κ2) is 4.00. The summed E-state index contributed by atoms with van der Waals surface area (Å²) in [5, 5.41) is 9.99. The Morgan fingerprint density at radius 3 is 3.00 bits per heavy atom. The van der Waals surface area contributed by atoms with Gasteiger partial charge in [0.05, 0.1) is 5.02 Å². The van der Waals surface area contributed by atoms with Crippen molar-refractivity contribution in [1.82, 2.24) is 4.90 Å². The minimum absolute atomic E-state index is 0.162. The van der Waals surface area contributed by atoms with Crippen LogP contribution >= 0.6 is 11.6 Å². The topological polar surface area (TPSA) is 49.5 Å². The molecule has 1 heterocycles. The molecule has 3 nitrogen and oxygen atoms in total. The normalized spacial score (nSPS) is 21.4. The lowest BCUT2D eigenvalue weighted by atomic mass is 9.94. The van der Waals surface area contributed by atoms with E-state index >= 15 is 0 Å². The average molecular weight is 227 g/mol. The summed E-state index contributed by atoms with van der Waals surface area (Å²) in [5.41, 5.74) is 7.93. The van der Waals surface area contributed by atoms with Gasteiger partial charge in [-0.3, -0.25) is 4.90 Å². The van der Waals surface area contributed by atoms with Crippen LogP contribution < -0.4 is 5.73 Å². The first kappa shape index (κ1) is 10.7. The Kier molecular flexibility index (Phi) is 2.87. The molecule has 0 amide bonds. The smallest absolute Gasteiger partial charge is 0.134 e. The van der Waals surface area contributed by atoms with Crippen molar-refractivity contribution in [3.05, 3.63) is 28.3 Å². The molecule has 0 spiro atoms. The number of fused-ring (bicyclic) bond motifs is 1. The number of benzene rings is 1. The van der Waals surface area contributed by atoms with Gasteiger partial charge in [-0.2, -0.15) is 0 Å². The highest BCUT2D eigenvalue weighted by atomic mass is 35.5. The maximum absolute atomic E-state index is 9.51. The number of hydrogen-bond donors (Lipinski definition) is 2. The third-order valence-electron chi connectivity index (χ3n) is 3.08. The molecule has 0 fully saturated rings. The average Bonchev–Trinajstić information content (AvgIpc) is 2.24. The van der Waals surface area contributed by atoms with E-state index in [-0.39, 0.29) is 5.75 Å². The van der Waals surface area contributed by atoms with E-state index < -0.39 is 0 Å². The molecule has 1 aromatic rings. The van der Waals surface area contributed by atoms with Crippen LogP contribution in [0.1, 0.15) is 11.1 Å². The van der Waals surface area contributed by atoms with Gasteiger partial charge in [-0.25, -0.2) is 0 Å². The SMILES string of the molecule is CN1Cc2c(ccc(O)c2Cl)C[C@H]1CN. The zero-order valence-electron chi connectivity index (χ0n) is 8.70. The number of hydrogen-bond acceptors (Lipinski definition) is 3. The van der Waals surface area contributed by atoms with Crippen molar-refractivity contribution in [3.8, 4) is 5.75 Å². The van der Waals surface area contributed by atoms with Crippen molar-refractivity contribution in [2.45, 2.75) is 19.0 Å². The molecule has 82 valence electrons. The molecule has 3 N–H and O–H groups in total. The molecule has 2 rings (SSSR count). The summed E-state index contributed by atoms with van der Waals surface area (Å²) < 4.78 is 0. The van der Waals surface area contributed by atoms with Crippen molar-refractivity contribution >= 4 is 11.6 Å². The van der Waals surface area contributed by atoms with Crippen LogP contribution in [-0.2, 0) is 13.0 Å². The first-order valence-corrected chi connectivity index (χ1v) is 5.40. The highest BCUT2D eigenvalue weighted by Gasteiger charge is 2.24. The monoisotopic (exact) mass is 226 g/mol. The Hall–Kier alpha value is -0.770. The minimum atomic E-state index is 0.162. The number of likely N-dealkylation sites (N-methyl/N-ethyl adjacent to an activating group) is 1. The molecular formula is C11H15ClN2O. The number of phenolic OH excluding ortho intramolecular Hbond substituents is 1. The molecule has 0 aromatic heterocycles. The number of halogens is 1. The van der Waals surface area contributed by atoms with Crippen molar-refractivity contribution in [3.63, 3.8) is 0 Å². The van der Waals surface area contributed by atoms with Gasteiger partial charge in [-0.05, 0) is 30.7 Å². The maximum atomic E-state index is 9.51. The van der Waals surface area contributed by atoms with Crippen LogP contribution in [0.3, 0.4) is 0 Å². The molecule has 0 saturated heterocycles. The molecule has 1 aromatic carbocycles. The molecule has 0 bridgehead atoms. The van der Waals surface area contributed by atoms with Crippen molar-refractivity contribution in [1.29, 1.82) is 0 Å². The van der Waals surface area contributed by atoms with E-state index in [9.17, 15) is 5.11 Å². The molecular weight excluding hydrogens is 212 g/mol. The lowest BCUT2D eigenvalue weighted by Crippen LogP contribution is -2.42. The van der Waals surface area contributed by atoms with E-state index in [1.807, 2.05) is 13.1 Å². The van der Waals surface area contributed by atoms with Gasteiger partial charge in [-0.15, -0.1) is 0 Å². The summed E-state index contributed by atoms with van der Waals surface area (Å²) in [7, 11) is 2.03. The van der Waals surface area contributed by atoms with E-state index in [4.69, 9.17) is 17.3 Å². The highest BCUT2D eigenvalue weighted by molar-refractivity contribution is 6.32. The van der Waals surface area contributed by atoms with Gasteiger partial charge >= 0.3 is 0 Å². The summed E-state index contributed by atoms with van der Waals surface area (Å²) in [6.07, 6.45) is 0.905. The standard InChI is InChI=1S/C11H15ClN2O/c1-14-6-9-7(4-8(14)5-13)2-3-10(15)11(9)12/h2-3,8,15H,4-6,13H2,1H3/t8-/m0/s1. The molecule has 0 unspecified atom stereocenters. The van der Waals surface area contributed by atoms with Crippen LogP contribution in [0.2, 0.25) is 5.02 Å². The maximum Gasteiger partial charge on any atom is 0.134 e. The summed E-state index contributed by atoms with van der Waals surface area (Å²) in [6, 6.07) is 3.96. The first-order valence-electron chi connectivity index (χ1n) is 5.03. The Bertz CT molecular complexity index is 381. The quantitative estimate of drug-likeness (QED) is 0.760. The fourth-order valence-corrected chi connectivity index (χ4v) is 2.31. The van der Waals surface area contributed by atoms with Gasteiger partial charge in [0.2, 0.25) is 0 Å². The molecule has 0 saturated carbocycles. The van der Waals surface area contributed by atoms with Gasteiger partial charge in [0.1, 0.15) is 5.75 Å². The number of nitrogens with zero attached hydrogens (tertiary/aromatic N) is 1. The minimum Gasteiger partial charge on any atom is -0.506 e. The van der Waals surface area contributed by atoms with Gasteiger partial charge in [0.25, 0.3) is 0 Å². The summed E-state index contributed by atoms with van der Waals surface area (Å²) >= 11 is 6.06. The van der Waals surface area contributed by atoms with Crippen LogP contribution in [0.25, 0.3) is 0 Å². The second-order valence-corrected chi connectivity index (χ2v) is 4.42. The number of rotatable bonds is 1. The van der Waals surface area contributed by atoms with E-state index in [1.165, 1.54) is 5.56 Å². The lowest BCUT2D eigenvalue weighted by molar-refractivity contribution is 0.220. The third-order valence-corrected chi connectivity index (χ3v) is 3.50. The molecule has 0 aliphatic carbocycles. The molecule has 1 aliphatic rings. The van der Waals surface area contributed by atoms with E-state index in [0.29, 0.717) is 17.6 Å². The second-order valence-electron chi connectivity index (χ2n) is 4.05. The van der Waals surface area contributed by atoms with Crippen LogP contribution in [0.15, 0.2) is 12.1 Å². The fourth-order valence-electron chi connectivity index (χ4n) is 2.06. The van der Waals surface area contributed by atoms with E-state index in [2.05, 4.69) is 4.90 Å². The number of aromatic hydroxyl groups is 1. The van der Waals surface area contributed by atoms with Crippen molar-refractivity contribution in [2.24, 2.45) is 5.73 Å².